The molecule has 2 amide bonds. The molecule has 0 bridgehead atoms. The summed E-state index contributed by atoms with van der Waals surface area (Å²) < 4.78 is 39.7. The maximum Gasteiger partial charge on any atom is 0.410 e. The van der Waals surface area contributed by atoms with Crippen LogP contribution in [0.2, 0.25) is 0 Å². The van der Waals surface area contributed by atoms with Gasteiger partial charge < -0.3 is 19.3 Å². The largest absolute Gasteiger partial charge is 0.490 e. The van der Waals surface area contributed by atoms with E-state index in [1.165, 1.54) is 4.90 Å². The van der Waals surface area contributed by atoms with Gasteiger partial charge in [-0.05, 0) is 69.3 Å². The Morgan fingerprint density at radius 1 is 1.15 bits per heavy atom. The Bertz CT molecular complexity index is 895. The quantitative estimate of drug-likeness (QED) is 0.572. The van der Waals surface area contributed by atoms with E-state index >= 15 is 0 Å². The van der Waals surface area contributed by atoms with Gasteiger partial charge in [0.15, 0.2) is 11.6 Å². The molecule has 33 heavy (non-hydrogen) atoms. The van der Waals surface area contributed by atoms with Crippen molar-refractivity contribution in [2.75, 3.05) is 33.8 Å². The molecule has 2 atom stereocenters. The number of nitrogens with zero attached hydrogens (tertiary/aromatic N) is 2. The maximum atomic E-state index is 14.3. The minimum Gasteiger partial charge on any atom is -0.490 e. The van der Waals surface area contributed by atoms with Gasteiger partial charge in [0, 0.05) is 38.8 Å². The fraction of sp³-hybridized carbons (Fsp3) is 0.680. The maximum absolute atomic E-state index is 14.3. The number of rotatable bonds is 8. The van der Waals surface area contributed by atoms with Crippen molar-refractivity contribution in [2.24, 2.45) is 17.8 Å². The van der Waals surface area contributed by atoms with Crippen LogP contribution in [0.1, 0.15) is 51.0 Å². The second-order valence-electron chi connectivity index (χ2n) is 10.3. The van der Waals surface area contributed by atoms with E-state index in [4.69, 9.17) is 9.47 Å². The van der Waals surface area contributed by atoms with E-state index in [0.29, 0.717) is 24.4 Å². The molecule has 1 heterocycles. The molecular formula is C25H34F2N2O4. The van der Waals surface area contributed by atoms with Gasteiger partial charge in [-0.25, -0.2) is 13.6 Å². The Kier molecular flexibility index (Phi) is 6.82. The van der Waals surface area contributed by atoms with Crippen molar-refractivity contribution in [1.82, 2.24) is 9.80 Å². The third-order valence-electron chi connectivity index (χ3n) is 7.36. The number of hydrogen-bond donors (Lipinski definition) is 0. The Balaban J connectivity index is 1.18. The van der Waals surface area contributed by atoms with Crippen molar-refractivity contribution >= 4 is 12.0 Å². The van der Waals surface area contributed by atoms with Crippen LogP contribution in [0.25, 0.3) is 0 Å². The van der Waals surface area contributed by atoms with Crippen LogP contribution in [0.4, 0.5) is 13.6 Å². The predicted octanol–water partition coefficient (Wildman–Crippen LogP) is 4.40. The first-order chi connectivity index (χ1) is 15.6. The first kappa shape index (κ1) is 23.8. The number of hydrogen-bond acceptors (Lipinski definition) is 4. The number of ether oxygens (including phenoxy) is 2. The van der Waals surface area contributed by atoms with Gasteiger partial charge in [-0.1, -0.05) is 0 Å². The number of amides is 2. The summed E-state index contributed by atoms with van der Waals surface area (Å²) in [5.41, 5.74) is -0.204. The molecule has 2 saturated carbocycles. The molecule has 1 aliphatic heterocycles. The third kappa shape index (κ3) is 5.95. The van der Waals surface area contributed by atoms with Crippen molar-refractivity contribution in [3.63, 3.8) is 0 Å². The van der Waals surface area contributed by atoms with Crippen molar-refractivity contribution < 1.29 is 27.8 Å². The van der Waals surface area contributed by atoms with Gasteiger partial charge >= 0.3 is 6.09 Å². The van der Waals surface area contributed by atoms with Crippen LogP contribution in [0.5, 0.6) is 5.75 Å². The van der Waals surface area contributed by atoms with Gasteiger partial charge in [0.2, 0.25) is 5.91 Å². The smallest absolute Gasteiger partial charge is 0.410 e. The number of halogens is 2. The van der Waals surface area contributed by atoms with E-state index in [0.717, 1.165) is 63.7 Å². The number of benzene rings is 1. The fourth-order valence-corrected chi connectivity index (χ4v) is 4.70. The molecule has 182 valence electrons. The monoisotopic (exact) mass is 464 g/mol. The zero-order chi connectivity index (χ0) is 23.8. The van der Waals surface area contributed by atoms with Gasteiger partial charge in [0.1, 0.15) is 11.4 Å². The molecule has 0 aromatic heterocycles. The van der Waals surface area contributed by atoms with Crippen molar-refractivity contribution in [1.29, 1.82) is 0 Å². The molecule has 1 aromatic carbocycles. The molecule has 0 N–H and O–H groups in total. The highest BCUT2D eigenvalue weighted by molar-refractivity contribution is 5.78. The molecule has 0 radical (unpaired) electrons. The predicted molar refractivity (Wildman–Crippen MR) is 119 cm³/mol. The Labute approximate surface area is 194 Å². The molecule has 2 unspecified atom stereocenters. The van der Waals surface area contributed by atoms with Crippen LogP contribution >= 0.6 is 0 Å². The van der Waals surface area contributed by atoms with Crippen molar-refractivity contribution in [3.05, 3.63) is 29.3 Å². The molecule has 8 heteroatoms. The average molecular weight is 465 g/mol. The fourth-order valence-electron chi connectivity index (χ4n) is 4.70. The summed E-state index contributed by atoms with van der Waals surface area (Å²) in [6.45, 7) is 3.80. The Morgan fingerprint density at radius 3 is 2.48 bits per heavy atom. The Hall–Kier alpha value is -2.38. The molecule has 0 spiro atoms. The second kappa shape index (κ2) is 9.47. The standard InChI is InChI=1S/C25H34F2N2O4/c1-25(7-8-25)33-24(31)29-9-4-16(5-10-29)19-12-17(19)6-11-32-22-15-20(26)18(13-21(22)27)14-23(30)28(2)3/h13,15-17,19H,4-12,14H2,1-3H3. The number of likely N-dealkylation sites (N-methyl/N-ethyl adjacent to an activating group) is 1. The molecule has 1 aromatic rings. The lowest BCUT2D eigenvalue weighted by Gasteiger charge is -2.32. The zero-order valence-electron chi connectivity index (χ0n) is 19.7. The van der Waals surface area contributed by atoms with Crippen LogP contribution < -0.4 is 4.74 Å². The van der Waals surface area contributed by atoms with E-state index in [1.807, 2.05) is 11.8 Å². The number of piperidine rings is 1. The lowest BCUT2D eigenvalue weighted by Crippen LogP contribution is -2.40. The van der Waals surface area contributed by atoms with Crippen LogP contribution in [0.3, 0.4) is 0 Å². The summed E-state index contributed by atoms with van der Waals surface area (Å²) in [4.78, 5) is 27.2. The van der Waals surface area contributed by atoms with Gasteiger partial charge in [0.05, 0.1) is 13.0 Å². The van der Waals surface area contributed by atoms with Crippen LogP contribution in [-0.2, 0) is 16.0 Å². The molecule has 3 aliphatic rings. The zero-order valence-corrected chi connectivity index (χ0v) is 19.7. The summed E-state index contributed by atoms with van der Waals surface area (Å²) in [5.74, 6) is 0.0656. The molecule has 3 fully saturated rings. The number of likely N-dealkylation sites (tertiary alicyclic amines) is 1. The topological polar surface area (TPSA) is 59.1 Å². The Morgan fingerprint density at radius 2 is 1.85 bits per heavy atom. The lowest BCUT2D eigenvalue weighted by atomic mass is 9.91. The van der Waals surface area contributed by atoms with E-state index in [2.05, 4.69) is 0 Å². The SMILES string of the molecule is CN(C)C(=O)Cc1cc(F)c(OCCC2CC2C2CCN(C(=O)OC3(C)CC3)CC2)cc1F. The van der Waals surface area contributed by atoms with Gasteiger partial charge in [-0.3, -0.25) is 4.79 Å². The van der Waals surface area contributed by atoms with Crippen molar-refractivity contribution in [2.45, 2.75) is 57.5 Å². The highest BCUT2D eigenvalue weighted by Gasteiger charge is 2.45. The first-order valence-corrected chi connectivity index (χ1v) is 11.9. The summed E-state index contributed by atoms with van der Waals surface area (Å²) in [6, 6.07) is 2.09. The first-order valence-electron chi connectivity index (χ1n) is 11.9. The molecular weight excluding hydrogens is 430 g/mol. The normalized spacial score (nSPS) is 23.7. The van der Waals surface area contributed by atoms with Gasteiger partial charge in [-0.15, -0.1) is 0 Å². The minimum atomic E-state index is -0.649. The molecule has 4 rings (SSSR count). The van der Waals surface area contributed by atoms with E-state index in [-0.39, 0.29) is 35.3 Å². The van der Waals surface area contributed by atoms with Gasteiger partial charge in [-0.2, -0.15) is 0 Å². The third-order valence-corrected chi connectivity index (χ3v) is 7.36. The number of carbonyl (C=O) groups excluding carboxylic acids is 2. The van der Waals surface area contributed by atoms with E-state index in [9.17, 15) is 18.4 Å². The average Bonchev–Trinajstić information content (AvgIpc) is 3.69. The highest BCUT2D eigenvalue weighted by atomic mass is 19.1. The highest BCUT2D eigenvalue weighted by Crippen LogP contribution is 2.50. The summed E-state index contributed by atoms with van der Waals surface area (Å²) in [6.07, 6.45) is 5.44. The van der Waals surface area contributed by atoms with Gasteiger partial charge in [0.25, 0.3) is 0 Å². The molecule has 2 aliphatic carbocycles. The van der Waals surface area contributed by atoms with Crippen LogP contribution in [0.15, 0.2) is 12.1 Å². The molecule has 6 nitrogen and oxygen atoms in total. The lowest BCUT2D eigenvalue weighted by molar-refractivity contribution is -0.128. The van der Waals surface area contributed by atoms with E-state index in [1.54, 1.807) is 14.1 Å². The van der Waals surface area contributed by atoms with Crippen LogP contribution in [-0.4, -0.2) is 61.2 Å². The van der Waals surface area contributed by atoms with Crippen molar-refractivity contribution in [3.8, 4) is 5.75 Å². The summed E-state index contributed by atoms with van der Waals surface area (Å²) in [7, 11) is 3.15. The summed E-state index contributed by atoms with van der Waals surface area (Å²) in [5, 5.41) is 0. The molecule has 1 saturated heterocycles. The second-order valence-corrected chi connectivity index (χ2v) is 10.3. The van der Waals surface area contributed by atoms with E-state index < -0.39 is 11.6 Å². The number of carbonyl (C=O) groups is 2. The summed E-state index contributed by atoms with van der Waals surface area (Å²) >= 11 is 0. The van der Waals surface area contributed by atoms with Crippen LogP contribution in [0, 0.1) is 29.4 Å². The minimum absolute atomic E-state index is 0.0299.